The molecule has 1 aromatic carbocycles. The summed E-state index contributed by atoms with van der Waals surface area (Å²) in [5, 5.41) is 5.41. The summed E-state index contributed by atoms with van der Waals surface area (Å²) in [4.78, 5) is 1.67. The lowest BCUT2D eigenvalue weighted by Crippen LogP contribution is -2.12. The summed E-state index contributed by atoms with van der Waals surface area (Å²) in [7, 11) is 0. The van der Waals surface area contributed by atoms with Crippen LogP contribution in [-0.2, 0) is 6.54 Å². The Morgan fingerprint density at radius 2 is 2.12 bits per heavy atom. The van der Waals surface area contributed by atoms with Crippen LogP contribution in [0.4, 0.5) is 5.69 Å². The molecule has 0 fully saturated rings. The van der Waals surface area contributed by atoms with Crippen LogP contribution in [0.5, 0.6) is 0 Å². The van der Waals surface area contributed by atoms with Crippen LogP contribution in [0, 0.1) is 0 Å². The van der Waals surface area contributed by atoms with Gasteiger partial charge in [-0.25, -0.2) is 0 Å². The minimum Gasteiger partial charge on any atom is -0.389 e. The summed E-state index contributed by atoms with van der Waals surface area (Å²) in [6.45, 7) is 0.762. The third-order valence-electron chi connectivity index (χ3n) is 2.32. The third kappa shape index (κ3) is 3.06. The number of thiocarbonyl (C=S) groups is 1. The molecule has 1 heterocycles. The van der Waals surface area contributed by atoms with E-state index >= 15 is 0 Å². The fourth-order valence-electron chi connectivity index (χ4n) is 1.48. The van der Waals surface area contributed by atoms with Crippen LogP contribution < -0.4 is 11.1 Å². The number of hydrogen-bond donors (Lipinski definition) is 2. The van der Waals surface area contributed by atoms with Gasteiger partial charge in [0.1, 0.15) is 4.99 Å². The van der Waals surface area contributed by atoms with E-state index in [1.165, 1.54) is 4.88 Å². The Bertz CT molecular complexity index is 537. The highest BCUT2D eigenvalue weighted by atomic mass is 79.9. The molecule has 0 saturated carbocycles. The lowest BCUT2D eigenvalue weighted by atomic mass is 10.2. The molecule has 0 aliphatic heterocycles. The molecule has 0 unspecified atom stereocenters. The summed E-state index contributed by atoms with van der Waals surface area (Å²) in [6, 6.07) is 9.85. The fraction of sp³-hybridized carbons (Fsp3) is 0.0833. The molecule has 17 heavy (non-hydrogen) atoms. The number of rotatable bonds is 4. The lowest BCUT2D eigenvalue weighted by molar-refractivity contribution is 1.18. The molecule has 0 aliphatic carbocycles. The van der Waals surface area contributed by atoms with Crippen molar-refractivity contribution in [2.24, 2.45) is 5.73 Å². The predicted molar refractivity (Wildman–Crippen MR) is 81.7 cm³/mol. The molecule has 0 aliphatic rings. The van der Waals surface area contributed by atoms with Crippen molar-refractivity contribution in [3.05, 3.63) is 50.6 Å². The largest absolute Gasteiger partial charge is 0.389 e. The molecule has 0 spiro atoms. The van der Waals surface area contributed by atoms with E-state index in [2.05, 4.69) is 26.6 Å². The van der Waals surface area contributed by atoms with Gasteiger partial charge < -0.3 is 11.1 Å². The van der Waals surface area contributed by atoms with Gasteiger partial charge in [-0.2, -0.15) is 0 Å². The lowest BCUT2D eigenvalue weighted by Gasteiger charge is -2.10. The molecule has 5 heteroatoms. The van der Waals surface area contributed by atoms with Gasteiger partial charge in [0.05, 0.1) is 6.54 Å². The summed E-state index contributed by atoms with van der Waals surface area (Å²) in [6.07, 6.45) is 0. The van der Waals surface area contributed by atoms with Crippen molar-refractivity contribution in [3.63, 3.8) is 0 Å². The SMILES string of the molecule is NC(=S)c1ccccc1NCc1sccc1Br. The van der Waals surface area contributed by atoms with E-state index in [1.54, 1.807) is 11.3 Å². The second kappa shape index (κ2) is 5.62. The van der Waals surface area contributed by atoms with E-state index in [1.807, 2.05) is 30.3 Å². The zero-order valence-electron chi connectivity index (χ0n) is 8.94. The molecule has 0 radical (unpaired) electrons. The molecule has 88 valence electrons. The molecule has 1 aromatic heterocycles. The van der Waals surface area contributed by atoms with Gasteiger partial charge in [0.2, 0.25) is 0 Å². The standard InChI is InChI=1S/C12H11BrN2S2/c13-9-5-6-17-11(9)7-15-10-4-2-1-3-8(10)12(14)16/h1-6,15H,7H2,(H2,14,16). The van der Waals surface area contributed by atoms with Crippen molar-refractivity contribution in [2.75, 3.05) is 5.32 Å². The van der Waals surface area contributed by atoms with Crippen molar-refractivity contribution < 1.29 is 0 Å². The number of nitrogens with one attached hydrogen (secondary N) is 1. The maximum atomic E-state index is 5.68. The first kappa shape index (κ1) is 12.5. The van der Waals surface area contributed by atoms with Gasteiger partial charge in [-0.05, 0) is 39.5 Å². The second-order valence-corrected chi connectivity index (χ2v) is 5.75. The van der Waals surface area contributed by atoms with Crippen molar-refractivity contribution >= 4 is 50.2 Å². The molecular formula is C12H11BrN2S2. The second-order valence-electron chi connectivity index (χ2n) is 3.46. The minimum absolute atomic E-state index is 0.415. The van der Waals surface area contributed by atoms with Crippen molar-refractivity contribution in [1.82, 2.24) is 0 Å². The Labute approximate surface area is 118 Å². The van der Waals surface area contributed by atoms with Crippen molar-refractivity contribution in [3.8, 4) is 0 Å². The van der Waals surface area contributed by atoms with Crippen LogP contribution in [0.25, 0.3) is 0 Å². The van der Waals surface area contributed by atoms with E-state index in [0.29, 0.717) is 4.99 Å². The smallest absolute Gasteiger partial charge is 0.106 e. The van der Waals surface area contributed by atoms with Gasteiger partial charge in [-0.3, -0.25) is 0 Å². The van der Waals surface area contributed by atoms with Gasteiger partial charge in [0.25, 0.3) is 0 Å². The molecule has 2 rings (SSSR count). The molecule has 3 N–H and O–H groups in total. The molecule has 2 nitrogen and oxygen atoms in total. The van der Waals surface area contributed by atoms with Crippen molar-refractivity contribution in [2.45, 2.75) is 6.54 Å². The van der Waals surface area contributed by atoms with Gasteiger partial charge in [0, 0.05) is 20.6 Å². The molecule has 2 aromatic rings. The number of nitrogens with two attached hydrogens (primary N) is 1. The average molecular weight is 327 g/mol. The molecule has 0 atom stereocenters. The Kier molecular flexibility index (Phi) is 4.15. The van der Waals surface area contributed by atoms with E-state index in [-0.39, 0.29) is 0 Å². The van der Waals surface area contributed by atoms with Crippen LogP contribution in [-0.4, -0.2) is 4.99 Å². The number of hydrogen-bond acceptors (Lipinski definition) is 3. The van der Waals surface area contributed by atoms with Crippen LogP contribution in [0.15, 0.2) is 40.2 Å². The fourth-order valence-corrected chi connectivity index (χ4v) is 3.09. The van der Waals surface area contributed by atoms with Crippen LogP contribution >= 0.6 is 39.5 Å². The topological polar surface area (TPSA) is 38.0 Å². The third-order valence-corrected chi connectivity index (χ3v) is 4.47. The highest BCUT2D eigenvalue weighted by Gasteiger charge is 2.05. The molecule has 0 saturated heterocycles. The number of anilines is 1. The van der Waals surface area contributed by atoms with E-state index < -0.39 is 0 Å². The Hall–Kier alpha value is -0.910. The average Bonchev–Trinajstić information content (AvgIpc) is 2.72. The summed E-state index contributed by atoms with van der Waals surface area (Å²) >= 11 is 10.2. The first-order valence-electron chi connectivity index (χ1n) is 5.03. The zero-order valence-corrected chi connectivity index (χ0v) is 12.2. The number of para-hydroxylation sites is 1. The molecule has 0 bridgehead atoms. The first-order chi connectivity index (χ1) is 8.18. The van der Waals surface area contributed by atoms with Gasteiger partial charge in [-0.15, -0.1) is 11.3 Å². The van der Waals surface area contributed by atoms with Crippen LogP contribution in [0.1, 0.15) is 10.4 Å². The predicted octanol–water partition coefficient (Wildman–Crippen LogP) is 3.76. The Morgan fingerprint density at radius 3 is 2.76 bits per heavy atom. The van der Waals surface area contributed by atoms with Gasteiger partial charge in [0.15, 0.2) is 0 Å². The summed E-state index contributed by atoms with van der Waals surface area (Å²) < 4.78 is 1.13. The highest BCUT2D eigenvalue weighted by molar-refractivity contribution is 9.10. The quantitative estimate of drug-likeness (QED) is 0.840. The normalized spacial score (nSPS) is 10.2. The Balaban J connectivity index is 2.14. The van der Waals surface area contributed by atoms with Gasteiger partial charge >= 0.3 is 0 Å². The van der Waals surface area contributed by atoms with E-state index in [0.717, 1.165) is 22.3 Å². The summed E-state index contributed by atoms with van der Waals surface area (Å²) in [5.41, 5.74) is 7.54. The van der Waals surface area contributed by atoms with E-state index in [4.69, 9.17) is 18.0 Å². The minimum atomic E-state index is 0.415. The molecular weight excluding hydrogens is 316 g/mol. The van der Waals surface area contributed by atoms with Gasteiger partial charge in [-0.1, -0.05) is 24.4 Å². The zero-order chi connectivity index (χ0) is 12.3. The maximum Gasteiger partial charge on any atom is 0.106 e. The highest BCUT2D eigenvalue weighted by Crippen LogP contribution is 2.24. The number of thiophene rings is 1. The summed E-state index contributed by atoms with van der Waals surface area (Å²) in [5.74, 6) is 0. The van der Waals surface area contributed by atoms with Crippen LogP contribution in [0.3, 0.4) is 0 Å². The van der Waals surface area contributed by atoms with Crippen molar-refractivity contribution in [1.29, 1.82) is 0 Å². The number of benzene rings is 1. The first-order valence-corrected chi connectivity index (χ1v) is 7.11. The van der Waals surface area contributed by atoms with Crippen LogP contribution in [0.2, 0.25) is 0 Å². The molecule has 0 amide bonds. The number of halogens is 1. The Morgan fingerprint density at radius 1 is 1.35 bits per heavy atom. The maximum absolute atomic E-state index is 5.68. The van der Waals surface area contributed by atoms with E-state index in [9.17, 15) is 0 Å². The monoisotopic (exact) mass is 326 g/mol.